The molecule has 0 aromatic carbocycles. The van der Waals surface area contributed by atoms with Crippen molar-refractivity contribution in [2.45, 2.75) is 49.1 Å². The predicted octanol–water partition coefficient (Wildman–Crippen LogP) is 0.519. The third-order valence-electron chi connectivity index (χ3n) is 7.43. The molecule has 4 aromatic rings. The first-order chi connectivity index (χ1) is 20.9. The lowest BCUT2D eigenvalue weighted by Crippen LogP contribution is -2.46. The van der Waals surface area contributed by atoms with E-state index in [1.54, 1.807) is 0 Å². The molecule has 7 rings (SSSR count). The zero-order valence-electron chi connectivity index (χ0n) is 22.1. The maximum Gasteiger partial charge on any atom is 0.324 e. The molecule has 24 heteroatoms. The normalized spacial score (nSPS) is 38.3. The van der Waals surface area contributed by atoms with Gasteiger partial charge in [-0.3, -0.25) is 13.7 Å². The number of nitrogens with one attached hydrogen (secondary N) is 2. The van der Waals surface area contributed by atoms with Crippen LogP contribution in [0.2, 0.25) is 0 Å². The molecule has 0 aliphatic carbocycles. The minimum Gasteiger partial charge on any atom is -0.382 e. The van der Waals surface area contributed by atoms with E-state index in [0.717, 1.165) is 0 Å². The van der Waals surface area contributed by atoms with Gasteiger partial charge in [0, 0.05) is 0 Å². The van der Waals surface area contributed by atoms with Crippen LogP contribution in [-0.2, 0) is 34.9 Å². The molecule has 0 bridgehead atoms. The second kappa shape index (κ2) is 11.1. The highest BCUT2D eigenvalue weighted by atomic mass is 32.7. The lowest BCUT2D eigenvalue weighted by molar-refractivity contribution is -0.0351. The molecule has 2 unspecified atom stereocenters. The molecule has 0 spiro atoms. The summed E-state index contributed by atoms with van der Waals surface area (Å²) in [6.07, 6.45) is -3.87. The molecule has 7 heterocycles. The van der Waals surface area contributed by atoms with Gasteiger partial charge in [-0.25, -0.2) is 48.9 Å². The van der Waals surface area contributed by atoms with Gasteiger partial charge in [-0.15, -0.1) is 0 Å². The number of anilines is 2. The minimum absolute atomic E-state index is 0.0789. The topological polar surface area (TPSA) is 238 Å². The summed E-state index contributed by atoms with van der Waals surface area (Å²) in [6.45, 7) is -9.07. The van der Waals surface area contributed by atoms with E-state index in [1.807, 2.05) is 0 Å². The number of rotatable bonds is 2. The second-order valence-corrected chi connectivity index (χ2v) is 16.3. The molecule has 3 saturated heterocycles. The van der Waals surface area contributed by atoms with Crippen LogP contribution in [0.15, 0.2) is 25.3 Å². The molecule has 7 N–H and O–H groups in total. The average Bonchev–Trinajstić information content (AvgIpc) is 3.73. The fraction of sp³-hybridized carbons (Fsp3) is 0.500. The minimum atomic E-state index is -4.10. The van der Waals surface area contributed by atoms with Crippen molar-refractivity contribution in [2.75, 3.05) is 24.7 Å². The van der Waals surface area contributed by atoms with Gasteiger partial charge in [0.05, 0.1) is 38.0 Å². The van der Waals surface area contributed by atoms with Crippen molar-refractivity contribution >= 4 is 71.4 Å². The number of nitrogens with zero attached hydrogens (tertiary/aromatic N) is 8. The summed E-state index contributed by atoms with van der Waals surface area (Å²) in [5, 5.41) is 5.19. The van der Waals surface area contributed by atoms with Gasteiger partial charge in [-0.05, 0) is 11.8 Å². The molecule has 0 radical (unpaired) electrons. The molecule has 0 saturated carbocycles. The predicted molar refractivity (Wildman–Crippen MR) is 156 cm³/mol. The Bertz CT molecular complexity index is 1710. The highest BCUT2D eigenvalue weighted by molar-refractivity contribution is 8.45. The van der Waals surface area contributed by atoms with Gasteiger partial charge in [0.25, 0.3) is 6.64 Å². The number of nitrogen functional groups attached to an aromatic ring is 2. The smallest absolute Gasteiger partial charge is 0.324 e. The third kappa shape index (κ3) is 5.26. The highest BCUT2D eigenvalue weighted by Crippen LogP contribution is 2.52. The van der Waals surface area contributed by atoms with E-state index in [2.05, 4.69) is 52.3 Å². The maximum atomic E-state index is 16.0. The van der Waals surface area contributed by atoms with Gasteiger partial charge in [0.1, 0.15) is 35.9 Å². The second-order valence-electron chi connectivity index (χ2n) is 10.1. The van der Waals surface area contributed by atoms with E-state index >= 15 is 8.78 Å². The Balaban J connectivity index is 1.17. The van der Waals surface area contributed by atoms with E-state index in [4.69, 9.17) is 41.8 Å². The molecular weight excluding hydrogens is 668 g/mol. The van der Waals surface area contributed by atoms with Crippen molar-refractivity contribution in [1.29, 1.82) is 0 Å². The number of aromatic nitrogens is 8. The third-order valence-corrected chi connectivity index (χ3v) is 11.0. The summed E-state index contributed by atoms with van der Waals surface area (Å²) in [5.41, 5.74) is 12.5. The molecule has 3 aliphatic heterocycles. The van der Waals surface area contributed by atoms with Crippen LogP contribution in [0.5, 0.6) is 0 Å². The van der Waals surface area contributed by atoms with Crippen molar-refractivity contribution in [1.82, 2.24) is 49.2 Å². The molecular formula is C20H24F2N12O6P2S2. The number of thiol groups is 1. The summed E-state index contributed by atoms with van der Waals surface area (Å²) in [4.78, 5) is 35.3. The number of halogens is 2. The molecule has 44 heavy (non-hydrogen) atoms. The first-order valence-corrected chi connectivity index (χ1v) is 18.3. The van der Waals surface area contributed by atoms with Crippen LogP contribution in [0.3, 0.4) is 0 Å². The number of hydrogen-bond donors (Lipinski definition) is 6. The molecule has 10 atom stereocenters. The number of imidazole rings is 2. The molecule has 0 amide bonds. The average molecular weight is 693 g/mol. The Morgan fingerprint density at radius 2 is 1.34 bits per heavy atom. The van der Waals surface area contributed by atoms with E-state index in [-0.39, 0.29) is 34.0 Å². The highest BCUT2D eigenvalue weighted by Gasteiger charge is 2.52. The summed E-state index contributed by atoms with van der Waals surface area (Å²) in [6, 6.07) is -2.65. The summed E-state index contributed by atoms with van der Waals surface area (Å²) in [5.74, 6) is 0.159. The van der Waals surface area contributed by atoms with Gasteiger partial charge >= 0.3 is 6.72 Å². The zero-order valence-corrected chi connectivity index (χ0v) is 25.6. The van der Waals surface area contributed by atoms with Crippen molar-refractivity contribution in [3.63, 3.8) is 0 Å². The Morgan fingerprint density at radius 1 is 0.864 bits per heavy atom. The summed E-state index contributed by atoms with van der Waals surface area (Å²) >= 11 is 9.41. The SMILES string of the molecule is Nc1ncnc2c1ncn2[C@@H]1O[C@@H]2COP(O)(=S)N[C@H]3[C@@H](F)[C@H](n4cnc5c(N)ncnc54)O[C@@H]3COP(=O)(S)N[C@H]2[C@H]1F. The first-order valence-electron chi connectivity index (χ1n) is 12.9. The van der Waals surface area contributed by atoms with Crippen LogP contribution >= 0.6 is 25.6 Å². The van der Waals surface area contributed by atoms with E-state index in [1.165, 1.54) is 34.4 Å². The van der Waals surface area contributed by atoms with Crippen molar-refractivity contribution in [3.05, 3.63) is 25.3 Å². The lowest BCUT2D eigenvalue weighted by atomic mass is 10.1. The zero-order chi connectivity index (χ0) is 31.0. The van der Waals surface area contributed by atoms with Crippen LogP contribution < -0.4 is 21.6 Å². The summed E-state index contributed by atoms with van der Waals surface area (Å²) in [7, 11) is 0. The monoisotopic (exact) mass is 692 g/mol. The van der Waals surface area contributed by atoms with Crippen molar-refractivity contribution < 1.29 is 36.8 Å². The van der Waals surface area contributed by atoms with Gasteiger partial charge in [0.2, 0.25) is 0 Å². The molecule has 18 nitrogen and oxygen atoms in total. The largest absolute Gasteiger partial charge is 0.382 e. The number of hydrogen-bond acceptors (Lipinski definition) is 14. The Hall–Kier alpha value is -2.49. The van der Waals surface area contributed by atoms with Crippen LogP contribution in [0.25, 0.3) is 22.3 Å². The van der Waals surface area contributed by atoms with Gasteiger partial charge in [-0.2, -0.15) is 0 Å². The Kier molecular flexibility index (Phi) is 7.61. The standard InChI is InChI=1S/C20H24F2N12O6P2S2/c21-9-11-7(39-19(9)33-5-29-13-15(23)25-3-27-17(13)33)1-37-41(35,43)32-12-8(2-38-42(36,44)31-11)40-20(10(12)22)34-6-30-14-16(24)26-4-28-18(14)34/h3-12,19-20H,1-2H2,(H2,23,25,27)(H2,24,26,28)(H2,31,36,44)(H2,32,35,43)/t7-,8-,9-,10-,11-,12-,19-,20-,41?,42?/m1/s1. The van der Waals surface area contributed by atoms with E-state index < -0.39 is 75.7 Å². The first kappa shape index (κ1) is 30.2. The van der Waals surface area contributed by atoms with Crippen LogP contribution in [0.4, 0.5) is 20.4 Å². The lowest BCUT2D eigenvalue weighted by Gasteiger charge is -2.30. The fourth-order valence-corrected chi connectivity index (χ4v) is 8.75. The number of fused-ring (bicyclic) bond motifs is 4. The van der Waals surface area contributed by atoms with Crippen molar-refractivity contribution in [3.8, 4) is 0 Å². The van der Waals surface area contributed by atoms with Gasteiger partial charge in [-0.1, -0.05) is 12.2 Å². The number of ether oxygens (including phenoxy) is 2. The fourth-order valence-electron chi connectivity index (χ4n) is 5.39. The Labute approximate surface area is 256 Å². The molecule has 4 aromatic heterocycles. The van der Waals surface area contributed by atoms with Crippen LogP contribution in [-0.4, -0.2) is 93.8 Å². The van der Waals surface area contributed by atoms with Crippen LogP contribution in [0, 0.1) is 0 Å². The summed E-state index contributed by atoms with van der Waals surface area (Å²) < 4.78 is 71.2. The van der Waals surface area contributed by atoms with Gasteiger partial charge in [0.15, 0.2) is 47.7 Å². The Morgan fingerprint density at radius 3 is 1.86 bits per heavy atom. The number of nitrogens with two attached hydrogens (primary N) is 2. The molecule has 3 fully saturated rings. The van der Waals surface area contributed by atoms with E-state index in [9.17, 15) is 9.46 Å². The molecule has 3 aliphatic rings. The molecule has 236 valence electrons. The van der Waals surface area contributed by atoms with E-state index in [0.29, 0.717) is 0 Å². The maximum absolute atomic E-state index is 16.0. The van der Waals surface area contributed by atoms with Crippen LogP contribution in [0.1, 0.15) is 12.5 Å². The quantitative estimate of drug-likeness (QED) is 0.124. The number of alkyl halides is 2. The van der Waals surface area contributed by atoms with Gasteiger partial charge < -0.3 is 34.9 Å². The van der Waals surface area contributed by atoms with Crippen molar-refractivity contribution in [2.24, 2.45) is 0 Å².